The first-order valence-corrected chi connectivity index (χ1v) is 5.98. The summed E-state index contributed by atoms with van der Waals surface area (Å²) in [6.07, 6.45) is 5.06. The summed E-state index contributed by atoms with van der Waals surface area (Å²) < 4.78 is 1.84. The fraction of sp³-hybridized carbons (Fsp3) is 0.750. The zero-order chi connectivity index (χ0) is 12.2. The number of aryl methyl sites for hydroxylation is 1. The second kappa shape index (κ2) is 5.46. The molecule has 0 saturated heterocycles. The third-order valence-electron chi connectivity index (χ3n) is 3.48. The zero-order valence-electron chi connectivity index (χ0n) is 10.9. The van der Waals surface area contributed by atoms with Gasteiger partial charge in [-0.3, -0.25) is 9.58 Å². The third kappa shape index (κ3) is 2.83. The van der Waals surface area contributed by atoms with Crippen LogP contribution in [0.3, 0.4) is 0 Å². The number of aromatic nitrogens is 2. The first-order chi connectivity index (χ1) is 7.55. The molecule has 0 amide bonds. The summed E-state index contributed by atoms with van der Waals surface area (Å²) >= 11 is 0. The lowest BCUT2D eigenvalue weighted by molar-refractivity contribution is 0.104. The van der Waals surface area contributed by atoms with E-state index in [0.29, 0.717) is 6.54 Å². The smallest absolute Gasteiger partial charge is 0.0534 e. The molecule has 1 unspecified atom stereocenters. The van der Waals surface area contributed by atoms with E-state index in [2.05, 4.69) is 37.0 Å². The van der Waals surface area contributed by atoms with Crippen molar-refractivity contribution in [2.75, 3.05) is 13.1 Å². The van der Waals surface area contributed by atoms with Gasteiger partial charge in [0.1, 0.15) is 0 Å². The molecule has 0 spiro atoms. The fourth-order valence-corrected chi connectivity index (χ4v) is 1.96. The van der Waals surface area contributed by atoms with Crippen molar-refractivity contribution in [1.29, 1.82) is 0 Å². The molecule has 4 nitrogen and oxygen atoms in total. The SMILES string of the molecule is CCN(Cc1cnn(C)c1)C(C)(CC)CN. The number of likely N-dealkylation sites (N-methyl/N-ethyl adjacent to an activating group) is 1. The van der Waals surface area contributed by atoms with Gasteiger partial charge in [-0.15, -0.1) is 0 Å². The topological polar surface area (TPSA) is 47.1 Å². The van der Waals surface area contributed by atoms with E-state index in [4.69, 9.17) is 5.73 Å². The molecule has 1 heterocycles. The molecule has 1 aromatic rings. The Labute approximate surface area is 98.4 Å². The predicted molar refractivity (Wildman–Crippen MR) is 67.0 cm³/mol. The molecule has 2 N–H and O–H groups in total. The van der Waals surface area contributed by atoms with Crippen molar-refractivity contribution < 1.29 is 0 Å². The maximum Gasteiger partial charge on any atom is 0.0534 e. The summed E-state index contributed by atoms with van der Waals surface area (Å²) in [7, 11) is 1.95. The Bertz CT molecular complexity index is 315. The molecule has 92 valence electrons. The summed E-state index contributed by atoms with van der Waals surface area (Å²) in [5.41, 5.74) is 7.23. The van der Waals surface area contributed by atoms with Crippen LogP contribution in [-0.2, 0) is 13.6 Å². The van der Waals surface area contributed by atoms with Crippen molar-refractivity contribution in [1.82, 2.24) is 14.7 Å². The number of rotatable bonds is 6. The van der Waals surface area contributed by atoms with Crippen molar-refractivity contribution in [3.05, 3.63) is 18.0 Å². The van der Waals surface area contributed by atoms with Crippen molar-refractivity contribution in [3.8, 4) is 0 Å². The molecule has 4 heteroatoms. The quantitative estimate of drug-likeness (QED) is 0.794. The summed E-state index contributed by atoms with van der Waals surface area (Å²) in [6, 6.07) is 0. The first-order valence-electron chi connectivity index (χ1n) is 5.98. The van der Waals surface area contributed by atoms with Crippen LogP contribution in [-0.4, -0.2) is 33.3 Å². The highest BCUT2D eigenvalue weighted by atomic mass is 15.3. The van der Waals surface area contributed by atoms with Gasteiger partial charge in [-0.1, -0.05) is 13.8 Å². The van der Waals surface area contributed by atoms with E-state index in [1.54, 1.807) is 0 Å². The summed E-state index contributed by atoms with van der Waals surface area (Å²) in [5, 5.41) is 4.20. The second-order valence-electron chi connectivity index (χ2n) is 4.59. The van der Waals surface area contributed by atoms with E-state index < -0.39 is 0 Å². The van der Waals surface area contributed by atoms with Crippen LogP contribution < -0.4 is 5.73 Å². The molecule has 1 atom stereocenters. The molecule has 0 radical (unpaired) electrons. The van der Waals surface area contributed by atoms with Crippen LogP contribution in [0.25, 0.3) is 0 Å². The van der Waals surface area contributed by atoms with Gasteiger partial charge in [-0.2, -0.15) is 5.10 Å². The molecule has 1 aromatic heterocycles. The van der Waals surface area contributed by atoms with Crippen LogP contribution in [0.15, 0.2) is 12.4 Å². The lowest BCUT2D eigenvalue weighted by Gasteiger charge is -2.39. The Hall–Kier alpha value is -0.870. The Morgan fingerprint density at radius 1 is 1.50 bits per heavy atom. The second-order valence-corrected chi connectivity index (χ2v) is 4.59. The normalized spacial score (nSPS) is 15.4. The van der Waals surface area contributed by atoms with Crippen molar-refractivity contribution in [2.45, 2.75) is 39.3 Å². The average Bonchev–Trinajstić information content (AvgIpc) is 2.70. The molecule has 1 rings (SSSR count). The van der Waals surface area contributed by atoms with Gasteiger partial charge in [-0.25, -0.2) is 0 Å². The number of hydrogen-bond donors (Lipinski definition) is 1. The van der Waals surface area contributed by atoms with Crippen LogP contribution in [0.5, 0.6) is 0 Å². The fourth-order valence-electron chi connectivity index (χ4n) is 1.96. The Morgan fingerprint density at radius 2 is 2.19 bits per heavy atom. The summed E-state index contributed by atoms with van der Waals surface area (Å²) in [6.45, 7) is 9.23. The average molecular weight is 224 g/mol. The van der Waals surface area contributed by atoms with E-state index in [0.717, 1.165) is 19.5 Å². The summed E-state index contributed by atoms with van der Waals surface area (Å²) in [5.74, 6) is 0. The van der Waals surface area contributed by atoms with Crippen molar-refractivity contribution in [3.63, 3.8) is 0 Å². The molecule has 0 fully saturated rings. The highest BCUT2D eigenvalue weighted by Gasteiger charge is 2.27. The van der Waals surface area contributed by atoms with Crippen LogP contribution in [0.4, 0.5) is 0 Å². The van der Waals surface area contributed by atoms with Gasteiger partial charge in [0.05, 0.1) is 6.20 Å². The molecular formula is C12H24N4. The highest BCUT2D eigenvalue weighted by molar-refractivity contribution is 5.04. The molecule has 0 aliphatic heterocycles. The molecular weight excluding hydrogens is 200 g/mol. The predicted octanol–water partition coefficient (Wildman–Crippen LogP) is 1.37. The monoisotopic (exact) mass is 224 g/mol. The molecule has 16 heavy (non-hydrogen) atoms. The summed E-state index contributed by atoms with van der Waals surface area (Å²) in [4.78, 5) is 2.42. The lowest BCUT2D eigenvalue weighted by atomic mass is 9.96. The van der Waals surface area contributed by atoms with Crippen molar-refractivity contribution in [2.24, 2.45) is 12.8 Å². The molecule has 0 bridgehead atoms. The van der Waals surface area contributed by atoms with Gasteiger partial charge < -0.3 is 5.73 Å². The van der Waals surface area contributed by atoms with Gasteiger partial charge >= 0.3 is 0 Å². The largest absolute Gasteiger partial charge is 0.329 e. The van der Waals surface area contributed by atoms with E-state index in [1.807, 2.05) is 17.9 Å². The molecule has 0 saturated carbocycles. The third-order valence-corrected chi connectivity index (χ3v) is 3.48. The number of nitrogens with zero attached hydrogens (tertiary/aromatic N) is 3. The van der Waals surface area contributed by atoms with Crippen LogP contribution in [0, 0.1) is 0 Å². The lowest BCUT2D eigenvalue weighted by Crippen LogP contribution is -2.50. The minimum absolute atomic E-state index is 0.0879. The maximum absolute atomic E-state index is 5.89. The number of nitrogens with two attached hydrogens (primary N) is 1. The first kappa shape index (κ1) is 13.2. The van der Waals surface area contributed by atoms with Crippen LogP contribution in [0.2, 0.25) is 0 Å². The van der Waals surface area contributed by atoms with Gasteiger partial charge in [-0.05, 0) is 19.9 Å². The van der Waals surface area contributed by atoms with Crippen LogP contribution >= 0.6 is 0 Å². The van der Waals surface area contributed by atoms with E-state index in [9.17, 15) is 0 Å². The minimum atomic E-state index is 0.0879. The minimum Gasteiger partial charge on any atom is -0.329 e. The standard InChI is InChI=1S/C12H24N4/c1-5-12(3,10-13)16(6-2)9-11-7-14-15(4)8-11/h7-8H,5-6,9-10,13H2,1-4H3. The molecule has 0 aromatic carbocycles. The molecule has 0 aliphatic carbocycles. The van der Waals surface area contributed by atoms with Gasteiger partial charge in [0, 0.05) is 37.4 Å². The molecule has 0 aliphatic rings. The number of hydrogen-bond acceptors (Lipinski definition) is 3. The maximum atomic E-state index is 5.89. The van der Waals surface area contributed by atoms with Gasteiger partial charge in [0.2, 0.25) is 0 Å². The van der Waals surface area contributed by atoms with E-state index >= 15 is 0 Å². The van der Waals surface area contributed by atoms with Gasteiger partial charge in [0.25, 0.3) is 0 Å². The van der Waals surface area contributed by atoms with Crippen molar-refractivity contribution >= 4 is 0 Å². The van der Waals surface area contributed by atoms with E-state index in [1.165, 1.54) is 5.56 Å². The van der Waals surface area contributed by atoms with Gasteiger partial charge in [0.15, 0.2) is 0 Å². The zero-order valence-corrected chi connectivity index (χ0v) is 10.9. The Balaban J connectivity index is 2.75. The Morgan fingerprint density at radius 3 is 2.56 bits per heavy atom. The van der Waals surface area contributed by atoms with E-state index in [-0.39, 0.29) is 5.54 Å². The highest BCUT2D eigenvalue weighted by Crippen LogP contribution is 2.20. The Kier molecular flexibility index (Phi) is 4.50. The van der Waals surface area contributed by atoms with Crippen LogP contribution in [0.1, 0.15) is 32.8 Å².